The fourth-order valence-electron chi connectivity index (χ4n) is 3.49. The van der Waals surface area contributed by atoms with Gasteiger partial charge in [-0.3, -0.25) is 0 Å². The zero-order chi connectivity index (χ0) is 21.1. The molecule has 0 saturated heterocycles. The van der Waals surface area contributed by atoms with Crippen LogP contribution in [0.2, 0.25) is 0 Å². The van der Waals surface area contributed by atoms with Crippen LogP contribution in [-0.4, -0.2) is 0 Å². The number of allylic oxidation sites excluding steroid dienone is 8. The molecule has 0 spiro atoms. The third-order valence-electron chi connectivity index (χ3n) is 5.43. The first-order valence-electron chi connectivity index (χ1n) is 13.0. The van der Waals surface area contributed by atoms with E-state index in [9.17, 15) is 0 Å². The van der Waals surface area contributed by atoms with Crippen molar-refractivity contribution in [2.24, 2.45) is 0 Å². The molecule has 0 amide bonds. The van der Waals surface area contributed by atoms with E-state index >= 15 is 0 Å². The zero-order valence-corrected chi connectivity index (χ0v) is 20.1. The van der Waals surface area contributed by atoms with Crippen LogP contribution < -0.4 is 0 Å². The highest BCUT2D eigenvalue weighted by atomic mass is 14.0. The second kappa shape index (κ2) is 27.0. The first-order chi connectivity index (χ1) is 14.4. The molecule has 0 aliphatic rings. The molecule has 0 nitrogen and oxygen atoms in total. The van der Waals surface area contributed by atoms with Crippen LogP contribution >= 0.6 is 0 Å². The van der Waals surface area contributed by atoms with E-state index in [4.69, 9.17) is 0 Å². The molecule has 29 heavy (non-hydrogen) atoms. The van der Waals surface area contributed by atoms with E-state index in [1.807, 2.05) is 0 Å². The molecule has 0 heterocycles. The van der Waals surface area contributed by atoms with Crippen molar-refractivity contribution in [3.05, 3.63) is 48.6 Å². The molecular formula is C29H52. The maximum absolute atomic E-state index is 2.37. The van der Waals surface area contributed by atoms with Crippen molar-refractivity contribution in [3.8, 4) is 0 Å². The molecule has 0 bridgehead atoms. The van der Waals surface area contributed by atoms with Crippen LogP contribution in [-0.2, 0) is 0 Å². The molecule has 0 aromatic rings. The molecule has 0 aromatic heterocycles. The van der Waals surface area contributed by atoms with Crippen molar-refractivity contribution < 1.29 is 0 Å². The van der Waals surface area contributed by atoms with Gasteiger partial charge in [0, 0.05) is 0 Å². The Hall–Kier alpha value is -1.04. The molecule has 0 fully saturated rings. The molecule has 168 valence electrons. The van der Waals surface area contributed by atoms with Crippen molar-refractivity contribution in [1.29, 1.82) is 0 Å². The van der Waals surface area contributed by atoms with Crippen LogP contribution in [0.15, 0.2) is 48.6 Å². The van der Waals surface area contributed by atoms with E-state index in [0.717, 1.165) is 19.3 Å². The molecule has 0 aliphatic heterocycles. The van der Waals surface area contributed by atoms with Gasteiger partial charge in [0.2, 0.25) is 0 Å². The normalized spacial score (nSPS) is 12.5. The van der Waals surface area contributed by atoms with Crippen LogP contribution in [0.3, 0.4) is 0 Å². The van der Waals surface area contributed by atoms with Crippen LogP contribution in [0.25, 0.3) is 0 Å². The Morgan fingerprint density at radius 1 is 0.310 bits per heavy atom. The zero-order valence-electron chi connectivity index (χ0n) is 20.1. The monoisotopic (exact) mass is 400 g/mol. The number of unbranched alkanes of at least 4 members (excludes halogenated alkanes) is 14. The highest BCUT2D eigenvalue weighted by Gasteiger charge is 1.92. The Labute approximate surface area is 184 Å². The van der Waals surface area contributed by atoms with Gasteiger partial charge in [0.15, 0.2) is 0 Å². The van der Waals surface area contributed by atoms with Gasteiger partial charge in [0.1, 0.15) is 0 Å². The summed E-state index contributed by atoms with van der Waals surface area (Å²) in [6.07, 6.45) is 43.9. The molecular weight excluding hydrogens is 348 g/mol. The van der Waals surface area contributed by atoms with Gasteiger partial charge in [-0.05, 0) is 44.9 Å². The number of hydrogen-bond donors (Lipinski definition) is 0. The van der Waals surface area contributed by atoms with E-state index in [0.29, 0.717) is 0 Å². The summed E-state index contributed by atoms with van der Waals surface area (Å²) in [4.78, 5) is 0. The average molecular weight is 401 g/mol. The highest BCUT2D eigenvalue weighted by Crippen LogP contribution is 2.12. The predicted molar refractivity (Wildman–Crippen MR) is 136 cm³/mol. The summed E-state index contributed by atoms with van der Waals surface area (Å²) >= 11 is 0. The highest BCUT2D eigenvalue weighted by molar-refractivity contribution is 4.99. The lowest BCUT2D eigenvalue weighted by Gasteiger charge is -2.01. The van der Waals surface area contributed by atoms with E-state index in [1.165, 1.54) is 103 Å². The van der Waals surface area contributed by atoms with Gasteiger partial charge in [0.05, 0.1) is 0 Å². The Morgan fingerprint density at radius 3 is 1.00 bits per heavy atom. The van der Waals surface area contributed by atoms with E-state index in [-0.39, 0.29) is 0 Å². The lowest BCUT2D eigenvalue weighted by Crippen LogP contribution is -1.81. The molecule has 0 N–H and O–H groups in total. The summed E-state index contributed by atoms with van der Waals surface area (Å²) in [6, 6.07) is 0. The van der Waals surface area contributed by atoms with Crippen LogP contribution in [0.5, 0.6) is 0 Å². The molecule has 0 saturated carbocycles. The maximum Gasteiger partial charge on any atom is -0.0169 e. The van der Waals surface area contributed by atoms with E-state index < -0.39 is 0 Å². The first kappa shape index (κ1) is 28.0. The number of hydrogen-bond acceptors (Lipinski definition) is 0. The lowest BCUT2D eigenvalue weighted by molar-refractivity contribution is 0.550. The number of rotatable bonds is 22. The van der Waals surface area contributed by atoms with Gasteiger partial charge < -0.3 is 0 Å². The molecule has 0 atom stereocenters. The quantitative estimate of drug-likeness (QED) is 0.125. The summed E-state index contributed by atoms with van der Waals surface area (Å²) in [5.74, 6) is 0. The van der Waals surface area contributed by atoms with Gasteiger partial charge >= 0.3 is 0 Å². The minimum atomic E-state index is 1.07. The Kier molecular flexibility index (Phi) is 26.0. The maximum atomic E-state index is 2.37. The van der Waals surface area contributed by atoms with Crippen molar-refractivity contribution in [2.75, 3.05) is 0 Å². The van der Waals surface area contributed by atoms with Crippen molar-refractivity contribution in [1.82, 2.24) is 0 Å². The average Bonchev–Trinajstić information content (AvgIpc) is 2.74. The summed E-state index contributed by atoms with van der Waals surface area (Å²) in [6.45, 7) is 4.55. The van der Waals surface area contributed by atoms with Gasteiger partial charge in [0.25, 0.3) is 0 Å². The molecule has 0 rings (SSSR count). The van der Waals surface area contributed by atoms with E-state index in [1.54, 1.807) is 0 Å². The Balaban J connectivity index is 3.28. The standard InChI is InChI=1S/C29H52/c1-3-5-7-9-11-13-15-17-19-21-23-25-27-29-28-26-24-22-20-18-16-14-12-10-8-6-4-2/h11,13,17,19,23,25,28-29H,3-10,12,14-16,18,20-22,24,26-27H2,1-2H3/b13-11-,19-17-,25-23-,29-28-. The predicted octanol–water partition coefficient (Wildman–Crippen LogP) is 10.7. The SMILES string of the molecule is CCCCC/C=C\C/C=C\C/C=C\C/C=C\CCCCCCCCCCCCC. The second-order valence-corrected chi connectivity index (χ2v) is 8.41. The van der Waals surface area contributed by atoms with Crippen molar-refractivity contribution >= 4 is 0 Å². The van der Waals surface area contributed by atoms with Crippen LogP contribution in [0.1, 0.15) is 136 Å². The fraction of sp³-hybridized carbons (Fsp3) is 0.724. The van der Waals surface area contributed by atoms with Crippen molar-refractivity contribution in [3.63, 3.8) is 0 Å². The minimum Gasteiger partial charge on any atom is -0.0882 e. The van der Waals surface area contributed by atoms with Crippen LogP contribution in [0.4, 0.5) is 0 Å². The largest absolute Gasteiger partial charge is 0.0882 e. The Bertz CT molecular complexity index is 396. The first-order valence-corrected chi connectivity index (χ1v) is 13.0. The van der Waals surface area contributed by atoms with Gasteiger partial charge in [-0.2, -0.15) is 0 Å². The van der Waals surface area contributed by atoms with Gasteiger partial charge in [-0.15, -0.1) is 0 Å². The second-order valence-electron chi connectivity index (χ2n) is 8.41. The van der Waals surface area contributed by atoms with Crippen molar-refractivity contribution in [2.45, 2.75) is 136 Å². The topological polar surface area (TPSA) is 0 Å². The third kappa shape index (κ3) is 27.0. The molecule has 0 aliphatic carbocycles. The van der Waals surface area contributed by atoms with Gasteiger partial charge in [-0.1, -0.05) is 140 Å². The molecule has 0 heteroatoms. The smallest absolute Gasteiger partial charge is 0.0169 e. The molecule has 0 unspecified atom stereocenters. The molecule has 0 radical (unpaired) electrons. The third-order valence-corrected chi connectivity index (χ3v) is 5.43. The lowest BCUT2D eigenvalue weighted by atomic mass is 10.1. The Morgan fingerprint density at radius 2 is 0.586 bits per heavy atom. The summed E-state index contributed by atoms with van der Waals surface area (Å²) in [7, 11) is 0. The minimum absolute atomic E-state index is 1.07. The summed E-state index contributed by atoms with van der Waals surface area (Å²) in [5, 5.41) is 0. The summed E-state index contributed by atoms with van der Waals surface area (Å²) < 4.78 is 0. The van der Waals surface area contributed by atoms with E-state index in [2.05, 4.69) is 62.5 Å². The fourth-order valence-corrected chi connectivity index (χ4v) is 3.49. The molecule has 0 aromatic carbocycles. The van der Waals surface area contributed by atoms with Gasteiger partial charge in [-0.25, -0.2) is 0 Å². The van der Waals surface area contributed by atoms with Crippen LogP contribution in [0, 0.1) is 0 Å². The summed E-state index contributed by atoms with van der Waals surface area (Å²) in [5.41, 5.74) is 0.